The van der Waals surface area contributed by atoms with Crippen LogP contribution in [0.1, 0.15) is 71.1 Å². The average molecular weight is 266 g/mol. The van der Waals surface area contributed by atoms with Gasteiger partial charge >= 0.3 is 0 Å². The SMILES string of the molecule is CCC1CCCC(NC(=O)CCC2CCCCN2)C1. The van der Waals surface area contributed by atoms with Gasteiger partial charge in [0.1, 0.15) is 0 Å². The van der Waals surface area contributed by atoms with E-state index in [0.29, 0.717) is 18.5 Å². The van der Waals surface area contributed by atoms with Crippen molar-refractivity contribution in [2.75, 3.05) is 6.54 Å². The first-order valence-electron chi connectivity index (χ1n) is 8.30. The van der Waals surface area contributed by atoms with Crippen molar-refractivity contribution < 1.29 is 4.79 Å². The molecule has 3 atom stereocenters. The number of carbonyl (C=O) groups excluding carboxylic acids is 1. The van der Waals surface area contributed by atoms with Crippen molar-refractivity contribution >= 4 is 5.91 Å². The van der Waals surface area contributed by atoms with Crippen LogP contribution in [0.2, 0.25) is 0 Å². The number of hydrogen-bond donors (Lipinski definition) is 2. The van der Waals surface area contributed by atoms with E-state index < -0.39 is 0 Å². The maximum atomic E-state index is 12.0. The van der Waals surface area contributed by atoms with E-state index in [0.717, 1.165) is 18.9 Å². The Morgan fingerprint density at radius 3 is 2.84 bits per heavy atom. The summed E-state index contributed by atoms with van der Waals surface area (Å²) in [6.07, 6.45) is 11.9. The van der Waals surface area contributed by atoms with Crippen LogP contribution in [-0.4, -0.2) is 24.5 Å². The number of rotatable bonds is 5. The molecule has 1 saturated heterocycles. The number of hydrogen-bond acceptors (Lipinski definition) is 2. The molecule has 19 heavy (non-hydrogen) atoms. The third-order valence-electron chi connectivity index (χ3n) is 4.86. The normalized spacial score (nSPS) is 31.9. The van der Waals surface area contributed by atoms with E-state index in [-0.39, 0.29) is 5.91 Å². The number of nitrogens with one attached hydrogen (secondary N) is 2. The van der Waals surface area contributed by atoms with Gasteiger partial charge < -0.3 is 10.6 Å². The van der Waals surface area contributed by atoms with Crippen molar-refractivity contribution in [1.29, 1.82) is 0 Å². The number of carbonyl (C=O) groups is 1. The lowest BCUT2D eigenvalue weighted by molar-refractivity contribution is -0.122. The van der Waals surface area contributed by atoms with E-state index in [9.17, 15) is 4.79 Å². The topological polar surface area (TPSA) is 41.1 Å². The van der Waals surface area contributed by atoms with Crippen LogP contribution in [0.5, 0.6) is 0 Å². The van der Waals surface area contributed by atoms with Crippen LogP contribution >= 0.6 is 0 Å². The van der Waals surface area contributed by atoms with Gasteiger partial charge in [-0.25, -0.2) is 0 Å². The lowest BCUT2D eigenvalue weighted by atomic mass is 9.84. The fourth-order valence-electron chi connectivity index (χ4n) is 3.57. The Hall–Kier alpha value is -0.570. The molecule has 2 fully saturated rings. The third-order valence-corrected chi connectivity index (χ3v) is 4.86. The predicted octanol–water partition coefficient (Wildman–Crippen LogP) is 2.99. The number of piperidine rings is 1. The summed E-state index contributed by atoms with van der Waals surface area (Å²) in [6.45, 7) is 3.40. The van der Waals surface area contributed by atoms with Crippen LogP contribution in [0, 0.1) is 5.92 Å². The van der Waals surface area contributed by atoms with Gasteiger partial charge in [-0.15, -0.1) is 0 Å². The van der Waals surface area contributed by atoms with Crippen molar-refractivity contribution in [3.63, 3.8) is 0 Å². The monoisotopic (exact) mass is 266 g/mol. The van der Waals surface area contributed by atoms with Gasteiger partial charge in [0.2, 0.25) is 5.91 Å². The third kappa shape index (κ3) is 5.13. The zero-order valence-corrected chi connectivity index (χ0v) is 12.4. The summed E-state index contributed by atoms with van der Waals surface area (Å²) in [5, 5.41) is 6.77. The van der Waals surface area contributed by atoms with E-state index in [4.69, 9.17) is 0 Å². The summed E-state index contributed by atoms with van der Waals surface area (Å²) < 4.78 is 0. The van der Waals surface area contributed by atoms with E-state index >= 15 is 0 Å². The van der Waals surface area contributed by atoms with Crippen LogP contribution in [0.4, 0.5) is 0 Å². The Morgan fingerprint density at radius 1 is 1.21 bits per heavy atom. The molecular formula is C16H30N2O. The standard InChI is InChI=1S/C16H30N2O/c1-2-13-6-5-8-15(12-13)18-16(19)10-9-14-7-3-4-11-17-14/h13-15,17H,2-12H2,1H3,(H,18,19). The van der Waals surface area contributed by atoms with Gasteiger partial charge in [0.15, 0.2) is 0 Å². The quantitative estimate of drug-likeness (QED) is 0.803. The van der Waals surface area contributed by atoms with Crippen LogP contribution in [0.3, 0.4) is 0 Å². The molecule has 0 radical (unpaired) electrons. The van der Waals surface area contributed by atoms with Gasteiger partial charge in [0.05, 0.1) is 0 Å². The Kier molecular flexibility index (Phi) is 6.15. The summed E-state index contributed by atoms with van der Waals surface area (Å²) in [7, 11) is 0. The van der Waals surface area contributed by atoms with Gasteiger partial charge in [-0.2, -0.15) is 0 Å². The summed E-state index contributed by atoms with van der Waals surface area (Å²) in [5.74, 6) is 1.10. The molecule has 0 bridgehead atoms. The first-order valence-corrected chi connectivity index (χ1v) is 8.30. The minimum absolute atomic E-state index is 0.272. The van der Waals surface area contributed by atoms with Crippen LogP contribution < -0.4 is 10.6 Å². The fraction of sp³-hybridized carbons (Fsp3) is 0.938. The molecule has 1 heterocycles. The highest BCUT2D eigenvalue weighted by Gasteiger charge is 2.22. The smallest absolute Gasteiger partial charge is 0.220 e. The fourth-order valence-corrected chi connectivity index (χ4v) is 3.57. The molecule has 3 heteroatoms. The zero-order valence-electron chi connectivity index (χ0n) is 12.4. The van der Waals surface area contributed by atoms with Crippen molar-refractivity contribution in [1.82, 2.24) is 10.6 Å². The zero-order chi connectivity index (χ0) is 13.5. The second-order valence-electron chi connectivity index (χ2n) is 6.39. The predicted molar refractivity (Wildman–Crippen MR) is 79.1 cm³/mol. The summed E-state index contributed by atoms with van der Waals surface area (Å²) >= 11 is 0. The highest BCUT2D eigenvalue weighted by atomic mass is 16.1. The lowest BCUT2D eigenvalue weighted by Crippen LogP contribution is -2.40. The van der Waals surface area contributed by atoms with Crippen molar-refractivity contribution in [2.24, 2.45) is 5.92 Å². The molecule has 1 aliphatic carbocycles. The molecule has 3 nitrogen and oxygen atoms in total. The molecule has 1 amide bonds. The molecule has 1 aliphatic heterocycles. The first kappa shape index (κ1) is 14.8. The lowest BCUT2D eigenvalue weighted by Gasteiger charge is -2.29. The molecule has 0 aromatic rings. The van der Waals surface area contributed by atoms with Gasteiger partial charge in [-0.3, -0.25) is 4.79 Å². The summed E-state index contributed by atoms with van der Waals surface area (Å²) in [5.41, 5.74) is 0. The van der Waals surface area contributed by atoms with E-state index in [1.165, 1.54) is 51.4 Å². The highest BCUT2D eigenvalue weighted by Crippen LogP contribution is 2.26. The molecule has 3 unspecified atom stereocenters. The average Bonchev–Trinajstić information content (AvgIpc) is 2.46. The summed E-state index contributed by atoms with van der Waals surface area (Å²) in [6, 6.07) is 1.03. The van der Waals surface area contributed by atoms with Crippen molar-refractivity contribution in [3.8, 4) is 0 Å². The Bertz CT molecular complexity index is 274. The molecule has 2 aliphatic rings. The van der Waals surface area contributed by atoms with Crippen LogP contribution in [0.25, 0.3) is 0 Å². The Labute approximate surface area is 117 Å². The van der Waals surface area contributed by atoms with E-state index in [1.54, 1.807) is 0 Å². The second kappa shape index (κ2) is 7.88. The van der Waals surface area contributed by atoms with Gasteiger partial charge in [-0.05, 0) is 44.6 Å². The summed E-state index contributed by atoms with van der Waals surface area (Å²) in [4.78, 5) is 12.0. The molecule has 0 aromatic carbocycles. The second-order valence-corrected chi connectivity index (χ2v) is 6.39. The van der Waals surface area contributed by atoms with Crippen molar-refractivity contribution in [3.05, 3.63) is 0 Å². The molecule has 0 spiro atoms. The van der Waals surface area contributed by atoms with Gasteiger partial charge in [-0.1, -0.05) is 32.6 Å². The maximum absolute atomic E-state index is 12.0. The minimum atomic E-state index is 0.272. The first-order chi connectivity index (χ1) is 9.28. The minimum Gasteiger partial charge on any atom is -0.353 e. The molecular weight excluding hydrogens is 236 g/mol. The number of amides is 1. The van der Waals surface area contributed by atoms with Crippen LogP contribution in [0.15, 0.2) is 0 Å². The molecule has 0 aromatic heterocycles. The van der Waals surface area contributed by atoms with E-state index in [2.05, 4.69) is 17.6 Å². The Morgan fingerprint density at radius 2 is 2.11 bits per heavy atom. The molecule has 110 valence electrons. The van der Waals surface area contributed by atoms with Gasteiger partial charge in [0, 0.05) is 18.5 Å². The molecule has 1 saturated carbocycles. The molecule has 2 rings (SSSR count). The van der Waals surface area contributed by atoms with Crippen molar-refractivity contribution in [2.45, 2.75) is 83.2 Å². The molecule has 2 N–H and O–H groups in total. The maximum Gasteiger partial charge on any atom is 0.220 e. The Balaban J connectivity index is 1.63. The largest absolute Gasteiger partial charge is 0.353 e. The highest BCUT2D eigenvalue weighted by molar-refractivity contribution is 5.76. The van der Waals surface area contributed by atoms with Crippen LogP contribution in [-0.2, 0) is 4.79 Å². The van der Waals surface area contributed by atoms with Gasteiger partial charge in [0.25, 0.3) is 0 Å². The van der Waals surface area contributed by atoms with E-state index in [1.807, 2.05) is 0 Å².